The summed E-state index contributed by atoms with van der Waals surface area (Å²) in [5.41, 5.74) is 2.31. The molecule has 7 nitrogen and oxygen atoms in total. The van der Waals surface area contributed by atoms with Gasteiger partial charge in [-0.15, -0.1) is 24.0 Å². The molecule has 0 unspecified atom stereocenters. The summed E-state index contributed by atoms with van der Waals surface area (Å²) in [6, 6.07) is 6.19. The third kappa shape index (κ3) is 5.32. The lowest BCUT2D eigenvalue weighted by Crippen LogP contribution is -2.36. The molecule has 0 spiro atoms. The highest BCUT2D eigenvalue weighted by Crippen LogP contribution is 2.18. The minimum Gasteiger partial charge on any atom is -0.357 e. The molecule has 1 aliphatic heterocycles. The number of rotatable bonds is 5. The Bertz CT molecular complexity index is 692. The van der Waals surface area contributed by atoms with Gasteiger partial charge in [0.15, 0.2) is 5.96 Å². The number of guanidine groups is 1. The molecule has 1 fully saturated rings. The quantitative estimate of drug-likeness (QED) is 0.410. The molecule has 2 aromatic heterocycles. The number of hydrogen-bond acceptors (Lipinski definition) is 4. The first-order chi connectivity index (χ1) is 11.8. The maximum absolute atomic E-state index is 4.49. The zero-order valence-corrected chi connectivity index (χ0v) is 17.1. The molecule has 3 heterocycles. The molecule has 2 aromatic rings. The van der Waals surface area contributed by atoms with Crippen molar-refractivity contribution in [3.63, 3.8) is 0 Å². The fourth-order valence-electron chi connectivity index (χ4n) is 2.85. The highest BCUT2D eigenvalue weighted by atomic mass is 127. The van der Waals surface area contributed by atoms with E-state index in [0.29, 0.717) is 13.1 Å². The van der Waals surface area contributed by atoms with Gasteiger partial charge in [0.1, 0.15) is 5.82 Å². The smallest absolute Gasteiger partial charge is 0.191 e. The van der Waals surface area contributed by atoms with Crippen LogP contribution in [0.3, 0.4) is 0 Å². The average molecular weight is 455 g/mol. The molecule has 2 N–H and O–H groups in total. The van der Waals surface area contributed by atoms with Crippen LogP contribution >= 0.6 is 24.0 Å². The molecule has 0 amide bonds. The van der Waals surface area contributed by atoms with E-state index in [1.165, 1.54) is 18.4 Å². The first kappa shape index (κ1) is 19.5. The Morgan fingerprint density at radius 1 is 1.16 bits per heavy atom. The van der Waals surface area contributed by atoms with Gasteiger partial charge in [0.2, 0.25) is 0 Å². The summed E-state index contributed by atoms with van der Waals surface area (Å²) in [5.74, 6) is 1.85. The number of nitrogens with one attached hydrogen (secondary N) is 2. The van der Waals surface area contributed by atoms with E-state index in [-0.39, 0.29) is 24.0 Å². The third-order valence-corrected chi connectivity index (χ3v) is 4.28. The summed E-state index contributed by atoms with van der Waals surface area (Å²) < 4.78 is 1.85. The fraction of sp³-hybridized carbons (Fsp3) is 0.471. The molecule has 1 saturated heterocycles. The zero-order chi connectivity index (χ0) is 16.8. The Kier molecular flexibility index (Phi) is 7.48. The second-order valence-corrected chi connectivity index (χ2v) is 5.94. The van der Waals surface area contributed by atoms with Gasteiger partial charge in [-0.05, 0) is 36.6 Å². The van der Waals surface area contributed by atoms with Crippen molar-refractivity contribution in [2.75, 3.05) is 25.0 Å². The lowest BCUT2D eigenvalue weighted by atomic mass is 10.2. The first-order valence-corrected chi connectivity index (χ1v) is 8.37. The van der Waals surface area contributed by atoms with E-state index in [9.17, 15) is 0 Å². The molecule has 25 heavy (non-hydrogen) atoms. The number of nitrogens with zero attached hydrogens (tertiary/aromatic N) is 5. The number of aryl methyl sites for hydroxylation is 1. The van der Waals surface area contributed by atoms with Crippen LogP contribution < -0.4 is 15.5 Å². The van der Waals surface area contributed by atoms with Crippen molar-refractivity contribution in [2.24, 2.45) is 12.0 Å². The topological polar surface area (TPSA) is 70.4 Å². The number of pyridine rings is 1. The molecular formula is C17H26IN7. The summed E-state index contributed by atoms with van der Waals surface area (Å²) in [7, 11) is 3.71. The van der Waals surface area contributed by atoms with Gasteiger partial charge in [-0.1, -0.05) is 0 Å². The van der Waals surface area contributed by atoms with Crippen LogP contribution in [0.5, 0.6) is 0 Å². The number of halogens is 1. The van der Waals surface area contributed by atoms with Gasteiger partial charge < -0.3 is 15.5 Å². The van der Waals surface area contributed by atoms with Crippen LogP contribution in [0.4, 0.5) is 5.82 Å². The van der Waals surface area contributed by atoms with E-state index in [1.54, 1.807) is 13.2 Å². The maximum atomic E-state index is 4.49. The van der Waals surface area contributed by atoms with Gasteiger partial charge in [0.25, 0.3) is 0 Å². The molecule has 3 rings (SSSR count). The number of anilines is 1. The van der Waals surface area contributed by atoms with Crippen molar-refractivity contribution in [2.45, 2.75) is 25.9 Å². The molecule has 0 radical (unpaired) electrons. The first-order valence-electron chi connectivity index (χ1n) is 8.37. The highest BCUT2D eigenvalue weighted by Gasteiger charge is 2.13. The predicted octanol–water partition coefficient (Wildman–Crippen LogP) is 1.90. The lowest BCUT2D eigenvalue weighted by molar-refractivity contribution is 0.684. The van der Waals surface area contributed by atoms with Crippen LogP contribution in [-0.2, 0) is 20.1 Å². The van der Waals surface area contributed by atoms with Gasteiger partial charge in [-0.25, -0.2) is 4.98 Å². The molecular weight excluding hydrogens is 429 g/mol. The van der Waals surface area contributed by atoms with Crippen molar-refractivity contribution in [3.05, 3.63) is 41.9 Å². The van der Waals surface area contributed by atoms with Crippen molar-refractivity contribution in [3.8, 4) is 0 Å². The van der Waals surface area contributed by atoms with Crippen LogP contribution in [0.15, 0.2) is 35.6 Å². The Labute approximate surface area is 165 Å². The molecule has 0 aromatic carbocycles. The normalized spacial score (nSPS) is 14.3. The third-order valence-electron chi connectivity index (χ3n) is 4.28. The second-order valence-electron chi connectivity index (χ2n) is 5.94. The van der Waals surface area contributed by atoms with Gasteiger partial charge in [-0.2, -0.15) is 5.10 Å². The van der Waals surface area contributed by atoms with Crippen molar-refractivity contribution >= 4 is 35.8 Å². The summed E-state index contributed by atoms with van der Waals surface area (Å²) >= 11 is 0. The number of hydrogen-bond donors (Lipinski definition) is 2. The van der Waals surface area contributed by atoms with Crippen molar-refractivity contribution < 1.29 is 0 Å². The standard InChI is InChI=1S/C17H25N7.HI/c1-18-17(21-13-15-6-8-22-23(15)2)20-12-14-5-7-19-16(11-14)24-9-3-4-10-24;/h5-8,11H,3-4,9-10,12-13H2,1-2H3,(H2,18,20,21);1H. The predicted molar refractivity (Wildman–Crippen MR) is 111 cm³/mol. The van der Waals surface area contributed by atoms with E-state index in [0.717, 1.165) is 30.6 Å². The molecule has 136 valence electrons. The van der Waals surface area contributed by atoms with Crippen LogP contribution in [-0.4, -0.2) is 40.9 Å². The molecule has 0 bridgehead atoms. The van der Waals surface area contributed by atoms with E-state index >= 15 is 0 Å². The minimum atomic E-state index is 0. The second kappa shape index (κ2) is 9.59. The van der Waals surface area contributed by atoms with E-state index in [4.69, 9.17) is 0 Å². The minimum absolute atomic E-state index is 0. The Hall–Kier alpha value is -1.84. The van der Waals surface area contributed by atoms with E-state index in [2.05, 4.69) is 36.7 Å². The highest BCUT2D eigenvalue weighted by molar-refractivity contribution is 14.0. The zero-order valence-electron chi connectivity index (χ0n) is 14.8. The summed E-state index contributed by atoms with van der Waals surface area (Å²) in [4.78, 5) is 11.1. The van der Waals surface area contributed by atoms with Crippen LogP contribution in [0.25, 0.3) is 0 Å². The average Bonchev–Trinajstić information content (AvgIpc) is 3.27. The maximum Gasteiger partial charge on any atom is 0.191 e. The molecule has 0 saturated carbocycles. The van der Waals surface area contributed by atoms with Crippen LogP contribution in [0.2, 0.25) is 0 Å². The summed E-state index contributed by atoms with van der Waals surface area (Å²) in [6.45, 7) is 3.62. The van der Waals surface area contributed by atoms with Gasteiger partial charge in [0.05, 0.1) is 12.2 Å². The van der Waals surface area contributed by atoms with Crippen molar-refractivity contribution in [1.29, 1.82) is 0 Å². The Balaban J connectivity index is 0.00000225. The molecule has 0 atom stereocenters. The fourth-order valence-corrected chi connectivity index (χ4v) is 2.85. The molecule has 8 heteroatoms. The van der Waals surface area contributed by atoms with Gasteiger partial charge in [0, 0.05) is 46.1 Å². The largest absolute Gasteiger partial charge is 0.357 e. The van der Waals surface area contributed by atoms with Crippen molar-refractivity contribution in [1.82, 2.24) is 25.4 Å². The lowest BCUT2D eigenvalue weighted by Gasteiger charge is -2.17. The Morgan fingerprint density at radius 2 is 1.92 bits per heavy atom. The number of aromatic nitrogens is 3. The molecule has 0 aliphatic carbocycles. The van der Waals surface area contributed by atoms with Crippen LogP contribution in [0.1, 0.15) is 24.1 Å². The monoisotopic (exact) mass is 455 g/mol. The molecule has 1 aliphatic rings. The Morgan fingerprint density at radius 3 is 2.60 bits per heavy atom. The van der Waals surface area contributed by atoms with E-state index in [1.807, 2.05) is 30.1 Å². The summed E-state index contributed by atoms with van der Waals surface area (Å²) in [6.07, 6.45) is 6.20. The van der Waals surface area contributed by atoms with Gasteiger partial charge in [-0.3, -0.25) is 9.67 Å². The van der Waals surface area contributed by atoms with Gasteiger partial charge >= 0.3 is 0 Å². The van der Waals surface area contributed by atoms with E-state index < -0.39 is 0 Å². The summed E-state index contributed by atoms with van der Waals surface area (Å²) in [5, 5.41) is 10.8. The SMILES string of the molecule is CN=C(NCc1ccnc(N2CCCC2)c1)NCc1ccnn1C.I. The number of aliphatic imine (C=N–C) groups is 1. The van der Waals surface area contributed by atoms with Crippen LogP contribution in [0, 0.1) is 0 Å².